The molecule has 1 fully saturated rings. The molecule has 3 rings (SSSR count). The van der Waals surface area contributed by atoms with Crippen molar-refractivity contribution in [3.8, 4) is 5.75 Å². The molecule has 1 amide bonds. The molecule has 1 saturated heterocycles. The lowest BCUT2D eigenvalue weighted by molar-refractivity contribution is -0.111. The highest BCUT2D eigenvalue weighted by Gasteiger charge is 2.15. The fraction of sp³-hybridized carbons (Fsp3) is 0.250. The molecule has 4 heteroatoms. The summed E-state index contributed by atoms with van der Waals surface area (Å²) in [7, 11) is 0. The van der Waals surface area contributed by atoms with Crippen LogP contribution in [0.4, 0.5) is 5.69 Å². The van der Waals surface area contributed by atoms with Gasteiger partial charge in [-0.3, -0.25) is 4.79 Å². The van der Waals surface area contributed by atoms with Crippen LogP contribution in [0.1, 0.15) is 18.4 Å². The van der Waals surface area contributed by atoms with Crippen molar-refractivity contribution < 1.29 is 14.3 Å². The Balaban J connectivity index is 1.48. The minimum absolute atomic E-state index is 0.160. The third kappa shape index (κ3) is 4.96. The summed E-state index contributed by atoms with van der Waals surface area (Å²) >= 11 is 0. The number of ether oxygens (including phenoxy) is 2. The average Bonchev–Trinajstić information content (AvgIpc) is 3.14. The first-order valence-corrected chi connectivity index (χ1v) is 8.18. The Labute approximate surface area is 142 Å². The van der Waals surface area contributed by atoms with Gasteiger partial charge in [0.05, 0.1) is 6.10 Å². The Morgan fingerprint density at radius 1 is 1.17 bits per heavy atom. The molecule has 0 aromatic heterocycles. The van der Waals surface area contributed by atoms with Gasteiger partial charge in [0.15, 0.2) is 0 Å². The molecule has 0 radical (unpaired) electrons. The molecule has 1 heterocycles. The van der Waals surface area contributed by atoms with Gasteiger partial charge < -0.3 is 14.8 Å². The molecule has 1 atom stereocenters. The van der Waals surface area contributed by atoms with Gasteiger partial charge in [0.2, 0.25) is 5.91 Å². The molecule has 0 saturated carbocycles. The van der Waals surface area contributed by atoms with Crippen molar-refractivity contribution in [1.29, 1.82) is 0 Å². The fourth-order valence-electron chi connectivity index (χ4n) is 2.52. The van der Waals surface area contributed by atoms with Crippen LogP contribution in [0.25, 0.3) is 6.08 Å². The first-order chi connectivity index (χ1) is 11.8. The summed E-state index contributed by atoms with van der Waals surface area (Å²) in [6, 6.07) is 17.1. The third-order valence-corrected chi connectivity index (χ3v) is 3.81. The highest BCUT2D eigenvalue weighted by Crippen LogP contribution is 2.18. The highest BCUT2D eigenvalue weighted by molar-refractivity contribution is 6.01. The molecule has 2 aromatic carbocycles. The average molecular weight is 323 g/mol. The summed E-state index contributed by atoms with van der Waals surface area (Å²) in [5.74, 6) is 0.621. The summed E-state index contributed by atoms with van der Waals surface area (Å²) in [5.41, 5.74) is 1.73. The number of carbonyl (C=O) groups excluding carboxylic acids is 1. The molecule has 0 unspecified atom stereocenters. The number of hydrogen-bond acceptors (Lipinski definition) is 3. The van der Waals surface area contributed by atoms with Crippen molar-refractivity contribution >= 4 is 17.7 Å². The second-order valence-corrected chi connectivity index (χ2v) is 5.70. The summed E-state index contributed by atoms with van der Waals surface area (Å²) < 4.78 is 11.2. The first-order valence-electron chi connectivity index (χ1n) is 8.18. The zero-order valence-corrected chi connectivity index (χ0v) is 13.5. The van der Waals surface area contributed by atoms with Crippen LogP contribution in [0, 0.1) is 0 Å². The Morgan fingerprint density at radius 3 is 2.67 bits per heavy atom. The van der Waals surface area contributed by atoms with Crippen molar-refractivity contribution in [2.45, 2.75) is 18.9 Å². The predicted molar refractivity (Wildman–Crippen MR) is 95.0 cm³/mol. The number of nitrogens with one attached hydrogen (secondary N) is 1. The van der Waals surface area contributed by atoms with E-state index in [0.29, 0.717) is 6.61 Å². The van der Waals surface area contributed by atoms with Crippen molar-refractivity contribution in [1.82, 2.24) is 0 Å². The number of rotatable bonds is 6. The standard InChI is InChI=1S/C20H21NO3/c22-20(13-8-16-5-2-1-3-6-16)21-17-9-11-18(12-10-17)24-15-19-7-4-14-23-19/h1-3,5-6,8-13,19H,4,7,14-15H2,(H,21,22)/b13-8-/t19-/m1/s1. The van der Waals surface area contributed by atoms with Gasteiger partial charge in [0.1, 0.15) is 12.4 Å². The Kier molecular flexibility index (Phi) is 5.64. The molecule has 1 N–H and O–H groups in total. The largest absolute Gasteiger partial charge is 0.491 e. The normalized spacial score (nSPS) is 17.1. The van der Waals surface area contributed by atoms with Crippen molar-refractivity contribution in [2.24, 2.45) is 0 Å². The smallest absolute Gasteiger partial charge is 0.248 e. The topological polar surface area (TPSA) is 47.6 Å². The molecular formula is C20H21NO3. The van der Waals surface area contributed by atoms with E-state index in [1.54, 1.807) is 6.08 Å². The SMILES string of the molecule is O=C(/C=C\c1ccccc1)Nc1ccc(OC[C@H]2CCCO2)cc1. The van der Waals surface area contributed by atoms with E-state index in [-0.39, 0.29) is 12.0 Å². The Bertz CT molecular complexity index is 674. The third-order valence-electron chi connectivity index (χ3n) is 3.81. The van der Waals surface area contributed by atoms with E-state index in [0.717, 1.165) is 36.4 Å². The summed E-state index contributed by atoms with van der Waals surface area (Å²) in [4.78, 5) is 11.9. The van der Waals surface area contributed by atoms with E-state index < -0.39 is 0 Å². The predicted octanol–water partition coefficient (Wildman–Crippen LogP) is 3.90. The van der Waals surface area contributed by atoms with Crippen LogP contribution >= 0.6 is 0 Å². The number of carbonyl (C=O) groups is 1. The number of benzene rings is 2. The maximum Gasteiger partial charge on any atom is 0.248 e. The lowest BCUT2D eigenvalue weighted by atomic mass is 10.2. The fourth-order valence-corrected chi connectivity index (χ4v) is 2.52. The Hall–Kier alpha value is -2.59. The van der Waals surface area contributed by atoms with E-state index in [1.165, 1.54) is 6.08 Å². The molecule has 1 aliphatic rings. The van der Waals surface area contributed by atoms with Gasteiger partial charge in [-0.15, -0.1) is 0 Å². The minimum Gasteiger partial charge on any atom is -0.491 e. The van der Waals surface area contributed by atoms with Gasteiger partial charge in [0.25, 0.3) is 0 Å². The van der Waals surface area contributed by atoms with E-state index in [4.69, 9.17) is 9.47 Å². The number of amides is 1. The van der Waals surface area contributed by atoms with Crippen LogP contribution in [0.3, 0.4) is 0 Å². The quantitative estimate of drug-likeness (QED) is 0.820. The Morgan fingerprint density at radius 2 is 1.96 bits per heavy atom. The zero-order valence-electron chi connectivity index (χ0n) is 13.5. The maximum atomic E-state index is 11.9. The maximum absolute atomic E-state index is 11.9. The highest BCUT2D eigenvalue weighted by atomic mass is 16.5. The van der Waals surface area contributed by atoms with Crippen LogP contribution in [-0.2, 0) is 9.53 Å². The minimum atomic E-state index is -0.160. The second kappa shape index (κ2) is 8.31. The molecule has 0 spiro atoms. The van der Waals surface area contributed by atoms with Crippen LogP contribution < -0.4 is 10.1 Å². The second-order valence-electron chi connectivity index (χ2n) is 5.70. The van der Waals surface area contributed by atoms with Crippen molar-refractivity contribution in [3.05, 3.63) is 66.2 Å². The lowest BCUT2D eigenvalue weighted by Gasteiger charge is -2.11. The molecule has 24 heavy (non-hydrogen) atoms. The van der Waals surface area contributed by atoms with Gasteiger partial charge in [-0.05, 0) is 48.7 Å². The van der Waals surface area contributed by atoms with Gasteiger partial charge in [-0.25, -0.2) is 0 Å². The van der Waals surface area contributed by atoms with Crippen LogP contribution in [0.2, 0.25) is 0 Å². The molecule has 0 aliphatic carbocycles. The van der Waals surface area contributed by atoms with Gasteiger partial charge in [0, 0.05) is 18.4 Å². The molecule has 0 bridgehead atoms. The molecule has 2 aromatic rings. The molecule has 124 valence electrons. The van der Waals surface area contributed by atoms with Crippen LogP contribution in [0.15, 0.2) is 60.7 Å². The van der Waals surface area contributed by atoms with Crippen LogP contribution in [0.5, 0.6) is 5.75 Å². The van der Waals surface area contributed by atoms with E-state index >= 15 is 0 Å². The van der Waals surface area contributed by atoms with Gasteiger partial charge in [-0.1, -0.05) is 30.3 Å². The van der Waals surface area contributed by atoms with E-state index in [1.807, 2.05) is 54.6 Å². The van der Waals surface area contributed by atoms with Crippen LogP contribution in [-0.4, -0.2) is 25.2 Å². The monoisotopic (exact) mass is 323 g/mol. The number of anilines is 1. The first kappa shape index (κ1) is 16.3. The number of hydrogen-bond donors (Lipinski definition) is 1. The molecule has 1 aliphatic heterocycles. The van der Waals surface area contributed by atoms with Crippen molar-refractivity contribution in [3.63, 3.8) is 0 Å². The summed E-state index contributed by atoms with van der Waals surface area (Å²) in [5, 5.41) is 2.83. The summed E-state index contributed by atoms with van der Waals surface area (Å²) in [6.07, 6.45) is 5.68. The van der Waals surface area contributed by atoms with E-state index in [9.17, 15) is 4.79 Å². The molecular weight excluding hydrogens is 302 g/mol. The van der Waals surface area contributed by atoms with Gasteiger partial charge in [-0.2, -0.15) is 0 Å². The van der Waals surface area contributed by atoms with E-state index in [2.05, 4.69) is 5.32 Å². The molecule has 4 nitrogen and oxygen atoms in total. The summed E-state index contributed by atoms with van der Waals surface area (Å²) in [6.45, 7) is 1.40. The van der Waals surface area contributed by atoms with Crippen molar-refractivity contribution in [2.75, 3.05) is 18.5 Å². The zero-order chi connectivity index (χ0) is 16.6. The van der Waals surface area contributed by atoms with Gasteiger partial charge >= 0.3 is 0 Å². The lowest BCUT2D eigenvalue weighted by Crippen LogP contribution is -2.16.